The summed E-state index contributed by atoms with van der Waals surface area (Å²) in [5, 5.41) is 10.7. The maximum Gasteiger partial charge on any atom is 0.191 e. The van der Waals surface area contributed by atoms with Crippen LogP contribution in [-0.2, 0) is 20.1 Å². The summed E-state index contributed by atoms with van der Waals surface area (Å²) < 4.78 is 1.76. The number of nitrogens with one attached hydrogen (secondary N) is 2. The van der Waals surface area contributed by atoms with Crippen molar-refractivity contribution in [2.45, 2.75) is 13.1 Å². The first-order valence-electron chi connectivity index (χ1n) is 9.50. The number of hydrogen-bond acceptors (Lipinski definition) is 5. The maximum atomic E-state index is 4.27. The zero-order valence-corrected chi connectivity index (χ0v) is 19.0. The monoisotopic (exact) mass is 498 g/mol. The molecule has 9 heteroatoms. The summed E-state index contributed by atoms with van der Waals surface area (Å²) >= 11 is 0. The number of aromatic nitrogens is 3. The molecule has 1 saturated heterocycles. The Labute approximate surface area is 184 Å². The molecule has 3 rings (SSSR count). The van der Waals surface area contributed by atoms with Gasteiger partial charge in [-0.1, -0.05) is 30.3 Å². The van der Waals surface area contributed by atoms with E-state index in [-0.39, 0.29) is 24.0 Å². The van der Waals surface area contributed by atoms with Gasteiger partial charge in [0.1, 0.15) is 12.2 Å². The molecule has 1 aliphatic rings. The van der Waals surface area contributed by atoms with E-state index in [1.165, 1.54) is 5.56 Å². The second-order valence-electron chi connectivity index (χ2n) is 6.76. The van der Waals surface area contributed by atoms with Gasteiger partial charge in [0.25, 0.3) is 0 Å². The van der Waals surface area contributed by atoms with Crippen LogP contribution in [0.4, 0.5) is 0 Å². The van der Waals surface area contributed by atoms with E-state index in [0.717, 1.165) is 57.6 Å². The number of benzene rings is 1. The van der Waals surface area contributed by atoms with Crippen molar-refractivity contribution in [1.29, 1.82) is 0 Å². The Kier molecular flexibility index (Phi) is 9.65. The molecule has 1 aromatic heterocycles. The largest absolute Gasteiger partial charge is 0.355 e. The van der Waals surface area contributed by atoms with Gasteiger partial charge in [0.15, 0.2) is 5.96 Å². The van der Waals surface area contributed by atoms with E-state index in [2.05, 4.69) is 65.8 Å². The molecule has 0 radical (unpaired) electrons. The van der Waals surface area contributed by atoms with Crippen LogP contribution < -0.4 is 10.6 Å². The molecule has 28 heavy (non-hydrogen) atoms. The summed E-state index contributed by atoms with van der Waals surface area (Å²) in [5.41, 5.74) is 1.39. The van der Waals surface area contributed by atoms with E-state index in [1.807, 2.05) is 7.05 Å². The summed E-state index contributed by atoms with van der Waals surface area (Å²) in [5.74, 6) is 1.67. The first-order chi connectivity index (χ1) is 13.2. The molecule has 2 heterocycles. The van der Waals surface area contributed by atoms with Gasteiger partial charge in [0.2, 0.25) is 0 Å². The molecule has 2 aromatic rings. The Morgan fingerprint density at radius 3 is 2.43 bits per heavy atom. The molecule has 1 aliphatic heterocycles. The lowest BCUT2D eigenvalue weighted by atomic mass is 10.2. The minimum Gasteiger partial charge on any atom is -0.355 e. The quantitative estimate of drug-likeness (QED) is 0.336. The summed E-state index contributed by atoms with van der Waals surface area (Å²) in [7, 11) is 3.67. The van der Waals surface area contributed by atoms with Crippen molar-refractivity contribution in [2.75, 3.05) is 46.3 Å². The SMILES string of the molecule is CN=C(NCCN1CCN(Cc2ccccc2)CC1)NCc1ncnn1C.I. The summed E-state index contributed by atoms with van der Waals surface area (Å²) in [4.78, 5) is 13.5. The van der Waals surface area contributed by atoms with Crippen molar-refractivity contribution < 1.29 is 0 Å². The van der Waals surface area contributed by atoms with Gasteiger partial charge < -0.3 is 10.6 Å². The number of rotatable bonds is 7. The highest BCUT2D eigenvalue weighted by Crippen LogP contribution is 2.07. The van der Waals surface area contributed by atoms with E-state index in [9.17, 15) is 0 Å². The second-order valence-corrected chi connectivity index (χ2v) is 6.76. The van der Waals surface area contributed by atoms with Crippen molar-refractivity contribution in [3.05, 3.63) is 48.0 Å². The highest BCUT2D eigenvalue weighted by atomic mass is 127. The van der Waals surface area contributed by atoms with Crippen molar-refractivity contribution in [2.24, 2.45) is 12.0 Å². The van der Waals surface area contributed by atoms with Crippen LogP contribution in [0, 0.1) is 0 Å². The van der Waals surface area contributed by atoms with Crippen molar-refractivity contribution in [3.8, 4) is 0 Å². The molecule has 154 valence electrons. The fourth-order valence-corrected chi connectivity index (χ4v) is 3.21. The third kappa shape index (κ3) is 7.02. The van der Waals surface area contributed by atoms with E-state index in [0.29, 0.717) is 6.54 Å². The van der Waals surface area contributed by atoms with Crippen LogP contribution in [0.3, 0.4) is 0 Å². The third-order valence-corrected chi connectivity index (χ3v) is 4.88. The van der Waals surface area contributed by atoms with E-state index in [1.54, 1.807) is 18.1 Å². The molecule has 0 aliphatic carbocycles. The lowest BCUT2D eigenvalue weighted by molar-refractivity contribution is 0.129. The average molecular weight is 498 g/mol. The molecule has 2 N–H and O–H groups in total. The maximum absolute atomic E-state index is 4.27. The zero-order valence-electron chi connectivity index (χ0n) is 16.7. The number of piperazine rings is 1. The molecule has 0 saturated carbocycles. The summed E-state index contributed by atoms with van der Waals surface area (Å²) in [6.07, 6.45) is 1.56. The van der Waals surface area contributed by atoms with E-state index >= 15 is 0 Å². The molecule has 1 fully saturated rings. The molecule has 1 aromatic carbocycles. The summed E-state index contributed by atoms with van der Waals surface area (Å²) in [6, 6.07) is 10.7. The van der Waals surface area contributed by atoms with Crippen LogP contribution in [-0.4, -0.2) is 76.8 Å². The van der Waals surface area contributed by atoms with Crippen LogP contribution in [0.2, 0.25) is 0 Å². The van der Waals surface area contributed by atoms with Gasteiger partial charge in [-0.15, -0.1) is 24.0 Å². The Bertz CT molecular complexity index is 710. The highest BCUT2D eigenvalue weighted by molar-refractivity contribution is 14.0. The number of guanidine groups is 1. The minimum absolute atomic E-state index is 0. The van der Waals surface area contributed by atoms with Crippen LogP contribution >= 0.6 is 24.0 Å². The van der Waals surface area contributed by atoms with Crippen LogP contribution in [0.1, 0.15) is 11.4 Å². The lowest BCUT2D eigenvalue weighted by Gasteiger charge is -2.34. The summed E-state index contributed by atoms with van der Waals surface area (Å²) in [6.45, 7) is 8.00. The molecule has 0 atom stereocenters. The van der Waals surface area contributed by atoms with Gasteiger partial charge in [0.05, 0.1) is 6.54 Å². The Balaban J connectivity index is 0.00000280. The van der Waals surface area contributed by atoms with Crippen molar-refractivity contribution >= 4 is 29.9 Å². The number of hydrogen-bond donors (Lipinski definition) is 2. The lowest BCUT2D eigenvalue weighted by Crippen LogP contribution is -2.48. The average Bonchev–Trinajstić information content (AvgIpc) is 3.11. The third-order valence-electron chi connectivity index (χ3n) is 4.88. The fourth-order valence-electron chi connectivity index (χ4n) is 3.21. The van der Waals surface area contributed by atoms with E-state index < -0.39 is 0 Å². The Morgan fingerprint density at radius 2 is 1.79 bits per heavy atom. The van der Waals surface area contributed by atoms with Gasteiger partial charge in [-0.05, 0) is 5.56 Å². The van der Waals surface area contributed by atoms with Gasteiger partial charge in [-0.25, -0.2) is 4.98 Å². The second kappa shape index (κ2) is 12.0. The van der Waals surface area contributed by atoms with Crippen molar-refractivity contribution in [1.82, 2.24) is 35.2 Å². The van der Waals surface area contributed by atoms with Crippen LogP contribution in [0.15, 0.2) is 41.7 Å². The van der Waals surface area contributed by atoms with Gasteiger partial charge in [0, 0.05) is 59.9 Å². The normalized spacial score (nSPS) is 15.9. The highest BCUT2D eigenvalue weighted by Gasteiger charge is 2.16. The topological polar surface area (TPSA) is 73.6 Å². The molecule has 8 nitrogen and oxygen atoms in total. The predicted molar refractivity (Wildman–Crippen MR) is 123 cm³/mol. The smallest absolute Gasteiger partial charge is 0.191 e. The first-order valence-corrected chi connectivity index (χ1v) is 9.50. The Morgan fingerprint density at radius 1 is 1.07 bits per heavy atom. The van der Waals surface area contributed by atoms with Gasteiger partial charge in [-0.2, -0.15) is 5.10 Å². The fraction of sp³-hybridized carbons (Fsp3) is 0.526. The molecule has 0 amide bonds. The van der Waals surface area contributed by atoms with Gasteiger partial charge >= 0.3 is 0 Å². The number of nitrogens with zero attached hydrogens (tertiary/aromatic N) is 6. The van der Waals surface area contributed by atoms with Crippen molar-refractivity contribution in [3.63, 3.8) is 0 Å². The van der Waals surface area contributed by atoms with Crippen LogP contribution in [0.5, 0.6) is 0 Å². The number of aryl methyl sites for hydroxylation is 1. The first kappa shape index (κ1) is 22.6. The minimum atomic E-state index is 0. The predicted octanol–water partition coefficient (Wildman–Crippen LogP) is 0.916. The number of aliphatic imine (C=N–C) groups is 1. The van der Waals surface area contributed by atoms with Crippen LogP contribution in [0.25, 0.3) is 0 Å². The number of halogens is 1. The molecular weight excluding hydrogens is 467 g/mol. The molecule has 0 spiro atoms. The van der Waals surface area contributed by atoms with Gasteiger partial charge in [-0.3, -0.25) is 19.5 Å². The zero-order chi connectivity index (χ0) is 18.9. The Hall–Kier alpha value is -1.72. The molecule has 0 unspecified atom stereocenters. The molecule has 0 bridgehead atoms. The van der Waals surface area contributed by atoms with E-state index in [4.69, 9.17) is 0 Å². The standard InChI is InChI=1S/C19H30N8.HI/c1-20-19(22-14-18-23-16-24-25(18)2)21-8-9-26-10-12-27(13-11-26)15-17-6-4-3-5-7-17;/h3-7,16H,8-15H2,1-2H3,(H2,20,21,22);1H. The molecular formula is C19H31IN8.